The van der Waals surface area contributed by atoms with E-state index in [1.165, 1.54) is 53.7 Å². The lowest BCUT2D eigenvalue weighted by molar-refractivity contribution is 0.0734. The van der Waals surface area contributed by atoms with E-state index in [0.29, 0.717) is 11.4 Å². The highest BCUT2D eigenvalue weighted by atomic mass is 32.2. The van der Waals surface area contributed by atoms with E-state index >= 15 is 0 Å². The van der Waals surface area contributed by atoms with Crippen molar-refractivity contribution in [3.8, 4) is 5.75 Å². The second-order valence-electron chi connectivity index (χ2n) is 7.41. The van der Waals surface area contributed by atoms with E-state index < -0.39 is 16.0 Å². The number of esters is 1. The number of aromatic nitrogens is 1. The third-order valence-corrected chi connectivity index (χ3v) is 5.88. The van der Waals surface area contributed by atoms with E-state index in [9.17, 15) is 18.0 Å². The number of nitrogens with zero attached hydrogens (tertiary/aromatic N) is 2. The largest absolute Gasteiger partial charge is 0.423 e. The molecule has 0 radical (unpaired) electrons. The molecule has 2 amide bonds. The number of carbonyl (C=O) groups is 2. The van der Waals surface area contributed by atoms with Gasteiger partial charge in [0.05, 0.1) is 16.1 Å². The molecule has 10 heteroatoms. The van der Waals surface area contributed by atoms with Gasteiger partial charge in [-0.15, -0.1) is 0 Å². The molecule has 3 aromatic rings. The molecular formula is C23H24N4O5S. The van der Waals surface area contributed by atoms with Crippen LogP contribution in [0, 0.1) is 0 Å². The number of hydrogen-bond acceptors (Lipinski definition) is 6. The number of hydrogen-bond donors (Lipinski definition) is 2. The van der Waals surface area contributed by atoms with E-state index in [-0.39, 0.29) is 28.3 Å². The van der Waals surface area contributed by atoms with Gasteiger partial charge in [-0.05, 0) is 74.5 Å². The number of benzene rings is 2. The van der Waals surface area contributed by atoms with Crippen LogP contribution in [0.25, 0.3) is 0 Å². The minimum Gasteiger partial charge on any atom is -0.423 e. The van der Waals surface area contributed by atoms with Gasteiger partial charge in [0.1, 0.15) is 5.75 Å². The summed E-state index contributed by atoms with van der Waals surface area (Å²) in [5.41, 5.74) is 1.20. The van der Waals surface area contributed by atoms with E-state index in [1.807, 2.05) is 13.8 Å². The molecule has 3 rings (SSSR count). The molecule has 0 saturated heterocycles. The summed E-state index contributed by atoms with van der Waals surface area (Å²) in [6.45, 7) is 3.74. The highest BCUT2D eigenvalue weighted by Crippen LogP contribution is 2.21. The van der Waals surface area contributed by atoms with Crippen LogP contribution in [0.4, 0.5) is 16.2 Å². The predicted octanol–water partition coefficient (Wildman–Crippen LogP) is 3.66. The van der Waals surface area contributed by atoms with E-state index in [2.05, 4.69) is 15.0 Å². The Kier molecular flexibility index (Phi) is 7.29. The van der Waals surface area contributed by atoms with Gasteiger partial charge in [0, 0.05) is 31.2 Å². The molecule has 0 fully saturated rings. The summed E-state index contributed by atoms with van der Waals surface area (Å²) in [7, 11) is -2.17. The Morgan fingerprint density at radius 3 is 2.12 bits per heavy atom. The summed E-state index contributed by atoms with van der Waals surface area (Å²) < 4.78 is 32.8. The lowest BCUT2D eigenvalue weighted by atomic mass is 10.2. The van der Waals surface area contributed by atoms with Crippen molar-refractivity contribution in [2.45, 2.75) is 24.8 Å². The number of ether oxygens (including phenoxy) is 1. The van der Waals surface area contributed by atoms with Crippen molar-refractivity contribution in [1.29, 1.82) is 0 Å². The monoisotopic (exact) mass is 468 g/mol. The van der Waals surface area contributed by atoms with Crippen LogP contribution in [-0.4, -0.2) is 38.5 Å². The maximum Gasteiger partial charge on any atom is 0.343 e. The number of carbonyl (C=O) groups excluding carboxylic acids is 2. The quantitative estimate of drug-likeness (QED) is 0.404. The fourth-order valence-corrected chi connectivity index (χ4v) is 3.83. The molecule has 0 unspecified atom stereocenters. The Balaban J connectivity index is 1.64. The number of urea groups is 1. The zero-order valence-corrected chi connectivity index (χ0v) is 19.2. The summed E-state index contributed by atoms with van der Waals surface area (Å²) >= 11 is 0. The first-order valence-electron chi connectivity index (χ1n) is 10.0. The fourth-order valence-electron chi connectivity index (χ4n) is 2.77. The zero-order valence-electron chi connectivity index (χ0n) is 18.3. The standard InChI is InChI=1S/C23H24N4O5S/c1-16(2)25-23(29)27(3)19-6-8-20(9-7-19)32-22(28)17-4-10-21(11-5-17)33(30,31)26-18-12-14-24-15-13-18/h4-16H,1-3H3,(H,24,26)(H,25,29). The second kappa shape index (κ2) is 10.1. The number of nitrogens with one attached hydrogen (secondary N) is 2. The van der Waals surface area contributed by atoms with Crippen molar-refractivity contribution in [3.63, 3.8) is 0 Å². The molecule has 2 aromatic carbocycles. The van der Waals surface area contributed by atoms with Crippen LogP contribution in [0.15, 0.2) is 78.0 Å². The summed E-state index contributed by atoms with van der Waals surface area (Å²) in [6.07, 6.45) is 2.95. The third-order valence-electron chi connectivity index (χ3n) is 4.48. The summed E-state index contributed by atoms with van der Waals surface area (Å²) in [5, 5.41) is 2.79. The molecule has 9 nitrogen and oxygen atoms in total. The lowest BCUT2D eigenvalue weighted by Gasteiger charge is -2.20. The maximum absolute atomic E-state index is 12.5. The van der Waals surface area contributed by atoms with Crippen molar-refractivity contribution in [2.24, 2.45) is 0 Å². The zero-order chi connectivity index (χ0) is 24.0. The SMILES string of the molecule is CC(C)NC(=O)N(C)c1ccc(OC(=O)c2ccc(S(=O)(=O)Nc3ccncc3)cc2)cc1. The highest BCUT2D eigenvalue weighted by molar-refractivity contribution is 7.92. The minimum atomic E-state index is -3.81. The molecule has 172 valence electrons. The van der Waals surface area contributed by atoms with Crippen molar-refractivity contribution in [1.82, 2.24) is 10.3 Å². The van der Waals surface area contributed by atoms with Gasteiger partial charge in [-0.25, -0.2) is 18.0 Å². The van der Waals surface area contributed by atoms with Gasteiger partial charge in [0.25, 0.3) is 10.0 Å². The third kappa shape index (κ3) is 6.30. The average molecular weight is 469 g/mol. The average Bonchev–Trinajstić information content (AvgIpc) is 2.79. The lowest BCUT2D eigenvalue weighted by Crippen LogP contribution is -2.40. The van der Waals surface area contributed by atoms with Gasteiger partial charge in [-0.1, -0.05) is 0 Å². The molecule has 0 spiro atoms. The van der Waals surface area contributed by atoms with Crippen LogP contribution in [0.2, 0.25) is 0 Å². The highest BCUT2D eigenvalue weighted by Gasteiger charge is 2.17. The van der Waals surface area contributed by atoms with E-state index in [4.69, 9.17) is 4.74 Å². The Hall–Kier alpha value is -3.92. The Bertz CT molecular complexity index is 1210. The first-order chi connectivity index (χ1) is 15.7. The molecule has 0 saturated carbocycles. The van der Waals surface area contributed by atoms with Gasteiger partial charge >= 0.3 is 12.0 Å². The minimum absolute atomic E-state index is 0.00271. The van der Waals surface area contributed by atoms with Crippen molar-refractivity contribution >= 4 is 33.4 Å². The van der Waals surface area contributed by atoms with Gasteiger partial charge in [-0.2, -0.15) is 0 Å². The molecule has 0 bridgehead atoms. The molecule has 1 aromatic heterocycles. The molecule has 0 atom stereocenters. The van der Waals surface area contributed by atoms with Crippen molar-refractivity contribution in [2.75, 3.05) is 16.7 Å². The van der Waals surface area contributed by atoms with Crippen LogP contribution >= 0.6 is 0 Å². The van der Waals surface area contributed by atoms with Crippen LogP contribution in [0.5, 0.6) is 5.75 Å². The molecule has 0 aliphatic heterocycles. The molecule has 0 aliphatic carbocycles. The predicted molar refractivity (Wildman–Crippen MR) is 125 cm³/mol. The smallest absolute Gasteiger partial charge is 0.343 e. The second-order valence-corrected chi connectivity index (χ2v) is 9.09. The Morgan fingerprint density at radius 2 is 1.55 bits per heavy atom. The fraction of sp³-hybridized carbons (Fsp3) is 0.174. The summed E-state index contributed by atoms with van der Waals surface area (Å²) in [4.78, 5) is 29.8. The molecule has 0 aliphatic rings. The molecule has 2 N–H and O–H groups in total. The van der Waals surface area contributed by atoms with Gasteiger partial charge < -0.3 is 10.1 Å². The number of sulfonamides is 1. The van der Waals surface area contributed by atoms with Crippen LogP contribution in [-0.2, 0) is 10.0 Å². The molecule has 1 heterocycles. The van der Waals surface area contributed by atoms with Crippen molar-refractivity contribution in [3.05, 3.63) is 78.6 Å². The van der Waals surface area contributed by atoms with E-state index in [0.717, 1.165) is 0 Å². The summed E-state index contributed by atoms with van der Waals surface area (Å²) in [5.74, 6) is -0.350. The number of amides is 2. The Labute approximate surface area is 192 Å². The maximum atomic E-state index is 12.5. The van der Waals surface area contributed by atoms with Crippen LogP contribution in [0.1, 0.15) is 24.2 Å². The summed E-state index contributed by atoms with van der Waals surface area (Å²) in [6, 6.07) is 14.7. The Morgan fingerprint density at radius 1 is 0.939 bits per heavy atom. The van der Waals surface area contributed by atoms with Crippen LogP contribution < -0.4 is 19.7 Å². The van der Waals surface area contributed by atoms with Gasteiger partial charge in [0.15, 0.2) is 0 Å². The van der Waals surface area contributed by atoms with Crippen LogP contribution in [0.3, 0.4) is 0 Å². The number of anilines is 2. The number of pyridine rings is 1. The van der Waals surface area contributed by atoms with Gasteiger partial charge in [-0.3, -0.25) is 14.6 Å². The van der Waals surface area contributed by atoms with E-state index in [1.54, 1.807) is 31.3 Å². The normalized spacial score (nSPS) is 11.0. The first kappa shape index (κ1) is 23.7. The molecule has 33 heavy (non-hydrogen) atoms. The topological polar surface area (TPSA) is 118 Å². The van der Waals surface area contributed by atoms with Gasteiger partial charge in [0.2, 0.25) is 0 Å². The first-order valence-corrected chi connectivity index (χ1v) is 11.5. The molecular weight excluding hydrogens is 444 g/mol. The number of rotatable bonds is 7. The van der Waals surface area contributed by atoms with Crippen molar-refractivity contribution < 1.29 is 22.7 Å².